The number of hydrogen-bond acceptors (Lipinski definition) is 2. The second-order valence-electron chi connectivity index (χ2n) is 7.65. The van der Waals surface area contributed by atoms with Crippen LogP contribution in [0.3, 0.4) is 0 Å². The molecule has 0 aromatic heterocycles. The maximum absolute atomic E-state index is 13.1. The third kappa shape index (κ3) is 3.75. The summed E-state index contributed by atoms with van der Waals surface area (Å²) in [4.78, 5) is 26.7. The molecule has 2 aliphatic rings. The average Bonchev–Trinajstić information content (AvgIpc) is 3.05. The van der Waals surface area contributed by atoms with E-state index in [-0.39, 0.29) is 17.9 Å². The van der Waals surface area contributed by atoms with E-state index in [1.165, 1.54) is 11.1 Å². The minimum absolute atomic E-state index is 0.0296. The van der Waals surface area contributed by atoms with E-state index < -0.39 is 0 Å². The van der Waals surface area contributed by atoms with Gasteiger partial charge >= 0.3 is 0 Å². The van der Waals surface area contributed by atoms with E-state index in [0.717, 1.165) is 49.0 Å². The molecule has 4 nitrogen and oxygen atoms in total. The zero-order chi connectivity index (χ0) is 18.8. The molecule has 140 valence electrons. The van der Waals surface area contributed by atoms with Crippen molar-refractivity contribution >= 4 is 17.5 Å². The van der Waals surface area contributed by atoms with Crippen molar-refractivity contribution in [2.24, 2.45) is 0 Å². The van der Waals surface area contributed by atoms with Crippen LogP contribution in [0.25, 0.3) is 0 Å². The lowest BCUT2D eigenvalue weighted by Gasteiger charge is -2.35. The van der Waals surface area contributed by atoms with Crippen molar-refractivity contribution in [1.29, 1.82) is 0 Å². The largest absolute Gasteiger partial charge is 0.339 e. The quantitative estimate of drug-likeness (QED) is 0.885. The molecule has 0 radical (unpaired) electrons. The SMILES string of the molecule is CCCN(C(=O)Cc1ccc2c(c1)NC(=O)C2)C1CCc2ccccc2C1. The molecule has 1 unspecified atom stereocenters. The van der Waals surface area contributed by atoms with Crippen molar-refractivity contribution in [2.75, 3.05) is 11.9 Å². The minimum atomic E-state index is 0.0296. The van der Waals surface area contributed by atoms with Gasteiger partial charge in [0.15, 0.2) is 0 Å². The summed E-state index contributed by atoms with van der Waals surface area (Å²) in [5.74, 6) is 0.215. The number of amides is 2. The summed E-state index contributed by atoms with van der Waals surface area (Å²) in [6.07, 6.45) is 4.81. The van der Waals surface area contributed by atoms with E-state index in [4.69, 9.17) is 0 Å². The zero-order valence-electron chi connectivity index (χ0n) is 15.8. The molecule has 1 heterocycles. The fourth-order valence-electron chi connectivity index (χ4n) is 4.34. The number of carbonyl (C=O) groups is 2. The number of fused-ring (bicyclic) bond motifs is 2. The van der Waals surface area contributed by atoms with Crippen LogP contribution in [-0.4, -0.2) is 29.3 Å². The van der Waals surface area contributed by atoms with Crippen LogP contribution in [0.2, 0.25) is 0 Å². The summed E-state index contributed by atoms with van der Waals surface area (Å²) < 4.78 is 0. The molecule has 1 atom stereocenters. The van der Waals surface area contributed by atoms with Gasteiger partial charge in [0.2, 0.25) is 11.8 Å². The molecule has 2 amide bonds. The van der Waals surface area contributed by atoms with Gasteiger partial charge in [-0.05, 0) is 54.0 Å². The monoisotopic (exact) mass is 362 g/mol. The molecule has 1 aliphatic carbocycles. The minimum Gasteiger partial charge on any atom is -0.339 e. The maximum atomic E-state index is 13.1. The van der Waals surface area contributed by atoms with Crippen molar-refractivity contribution in [3.05, 3.63) is 64.7 Å². The van der Waals surface area contributed by atoms with Gasteiger partial charge in [0.05, 0.1) is 12.8 Å². The fraction of sp³-hybridized carbons (Fsp3) is 0.391. The van der Waals surface area contributed by atoms with Crippen LogP contribution in [-0.2, 0) is 35.3 Å². The Kier molecular flexibility index (Phi) is 4.97. The van der Waals surface area contributed by atoms with E-state index in [9.17, 15) is 9.59 Å². The fourth-order valence-corrected chi connectivity index (χ4v) is 4.34. The van der Waals surface area contributed by atoms with Crippen LogP contribution in [0.5, 0.6) is 0 Å². The van der Waals surface area contributed by atoms with Crippen LogP contribution < -0.4 is 5.32 Å². The number of carbonyl (C=O) groups excluding carboxylic acids is 2. The summed E-state index contributed by atoms with van der Waals surface area (Å²) in [5.41, 5.74) is 5.65. The number of hydrogen-bond donors (Lipinski definition) is 1. The Hall–Kier alpha value is -2.62. The van der Waals surface area contributed by atoms with E-state index in [2.05, 4.69) is 41.4 Å². The highest BCUT2D eigenvalue weighted by Gasteiger charge is 2.27. The summed E-state index contributed by atoms with van der Waals surface area (Å²) in [6.45, 7) is 2.93. The van der Waals surface area contributed by atoms with Gasteiger partial charge in [0, 0.05) is 18.3 Å². The highest BCUT2D eigenvalue weighted by Crippen LogP contribution is 2.27. The molecular weight excluding hydrogens is 336 g/mol. The molecule has 0 saturated heterocycles. The Morgan fingerprint density at radius 1 is 1.15 bits per heavy atom. The Morgan fingerprint density at radius 3 is 2.78 bits per heavy atom. The molecule has 0 fully saturated rings. The number of nitrogens with one attached hydrogen (secondary N) is 1. The lowest BCUT2D eigenvalue weighted by Crippen LogP contribution is -2.44. The molecule has 27 heavy (non-hydrogen) atoms. The van der Waals surface area contributed by atoms with Crippen molar-refractivity contribution in [3.8, 4) is 0 Å². The van der Waals surface area contributed by atoms with Gasteiger partial charge in [-0.1, -0.05) is 43.3 Å². The van der Waals surface area contributed by atoms with Gasteiger partial charge in [0.1, 0.15) is 0 Å². The molecule has 0 bridgehead atoms. The highest BCUT2D eigenvalue weighted by molar-refractivity contribution is 5.99. The molecule has 1 N–H and O–H groups in total. The highest BCUT2D eigenvalue weighted by atomic mass is 16.2. The number of rotatable bonds is 5. The van der Waals surface area contributed by atoms with Gasteiger partial charge in [0.25, 0.3) is 0 Å². The molecule has 0 spiro atoms. The van der Waals surface area contributed by atoms with E-state index in [1.54, 1.807) is 0 Å². The van der Waals surface area contributed by atoms with Crippen molar-refractivity contribution in [3.63, 3.8) is 0 Å². The topological polar surface area (TPSA) is 49.4 Å². The third-order valence-corrected chi connectivity index (χ3v) is 5.70. The van der Waals surface area contributed by atoms with Gasteiger partial charge in [-0.25, -0.2) is 0 Å². The molecule has 2 aromatic rings. The lowest BCUT2D eigenvalue weighted by molar-refractivity contribution is -0.133. The lowest BCUT2D eigenvalue weighted by atomic mass is 9.87. The van der Waals surface area contributed by atoms with Crippen LogP contribution in [0.15, 0.2) is 42.5 Å². The Bertz CT molecular complexity index is 874. The van der Waals surface area contributed by atoms with E-state index >= 15 is 0 Å². The number of benzene rings is 2. The van der Waals surface area contributed by atoms with Crippen LogP contribution >= 0.6 is 0 Å². The average molecular weight is 362 g/mol. The van der Waals surface area contributed by atoms with Gasteiger partial charge in [-0.15, -0.1) is 0 Å². The van der Waals surface area contributed by atoms with Crippen molar-refractivity contribution in [1.82, 2.24) is 4.90 Å². The Morgan fingerprint density at radius 2 is 1.96 bits per heavy atom. The first-order chi connectivity index (χ1) is 13.1. The molecule has 2 aromatic carbocycles. The smallest absolute Gasteiger partial charge is 0.228 e. The standard InChI is InChI=1S/C23H26N2O2/c1-2-11-25(20-10-9-17-5-3-4-6-18(17)14-20)23(27)13-16-7-8-19-15-22(26)24-21(19)12-16/h3-8,12,20H,2,9-11,13-15H2,1H3,(H,24,26). The first kappa shape index (κ1) is 17.8. The van der Waals surface area contributed by atoms with Gasteiger partial charge < -0.3 is 10.2 Å². The van der Waals surface area contributed by atoms with Crippen LogP contribution in [0.1, 0.15) is 42.0 Å². The summed E-state index contributed by atoms with van der Waals surface area (Å²) >= 11 is 0. The first-order valence-corrected chi connectivity index (χ1v) is 9.92. The second kappa shape index (κ2) is 7.55. The van der Waals surface area contributed by atoms with Crippen molar-refractivity contribution in [2.45, 2.75) is 51.5 Å². The summed E-state index contributed by atoms with van der Waals surface area (Å²) in [6, 6.07) is 14.8. The number of anilines is 1. The van der Waals surface area contributed by atoms with Gasteiger partial charge in [-0.2, -0.15) is 0 Å². The zero-order valence-corrected chi connectivity index (χ0v) is 15.8. The van der Waals surface area contributed by atoms with Crippen molar-refractivity contribution < 1.29 is 9.59 Å². The first-order valence-electron chi connectivity index (χ1n) is 9.92. The maximum Gasteiger partial charge on any atom is 0.228 e. The summed E-state index contributed by atoms with van der Waals surface area (Å²) in [7, 11) is 0. The Labute approximate surface area is 160 Å². The molecule has 0 saturated carbocycles. The molecule has 4 rings (SSSR count). The molecule has 1 aliphatic heterocycles. The third-order valence-electron chi connectivity index (χ3n) is 5.70. The number of aryl methyl sites for hydroxylation is 1. The number of nitrogens with zero attached hydrogens (tertiary/aromatic N) is 1. The molecular formula is C23H26N2O2. The predicted molar refractivity (Wildman–Crippen MR) is 107 cm³/mol. The van der Waals surface area contributed by atoms with Crippen LogP contribution in [0.4, 0.5) is 5.69 Å². The second-order valence-corrected chi connectivity index (χ2v) is 7.65. The normalized spacial score (nSPS) is 17.8. The van der Waals surface area contributed by atoms with E-state index in [1.807, 2.05) is 18.2 Å². The van der Waals surface area contributed by atoms with Crippen LogP contribution in [0, 0.1) is 0 Å². The molecule has 4 heteroatoms. The van der Waals surface area contributed by atoms with E-state index in [0.29, 0.717) is 12.8 Å². The summed E-state index contributed by atoms with van der Waals surface area (Å²) in [5, 5.41) is 2.88. The van der Waals surface area contributed by atoms with Gasteiger partial charge in [-0.3, -0.25) is 9.59 Å². The Balaban J connectivity index is 1.48. The predicted octanol–water partition coefficient (Wildman–Crippen LogP) is 3.52.